The molecule has 0 fully saturated rings. The first-order chi connectivity index (χ1) is 7.58. The molecule has 0 saturated carbocycles. The molecule has 0 saturated heterocycles. The van der Waals surface area contributed by atoms with Crippen LogP contribution in [0.4, 0.5) is 0 Å². The van der Waals surface area contributed by atoms with Gasteiger partial charge in [-0.25, -0.2) is 4.98 Å². The smallest absolute Gasteiger partial charge is 0.221 e. The van der Waals surface area contributed by atoms with Gasteiger partial charge in [-0.3, -0.25) is 4.79 Å². The fourth-order valence-electron chi connectivity index (χ4n) is 1.29. The molecule has 1 heterocycles. The molecule has 2 N–H and O–H groups in total. The minimum atomic E-state index is 0.1000. The SMILES string of the molecule is Cc1ncc(CNCCC(=O)NC(C)C)s1. The Morgan fingerprint density at radius 3 is 2.88 bits per heavy atom. The van der Waals surface area contributed by atoms with Crippen molar-refractivity contribution >= 4 is 17.2 Å². The highest BCUT2D eigenvalue weighted by atomic mass is 32.1. The van der Waals surface area contributed by atoms with E-state index in [0.717, 1.165) is 11.6 Å². The molecule has 5 heteroatoms. The van der Waals surface area contributed by atoms with Crippen molar-refractivity contribution in [3.63, 3.8) is 0 Å². The van der Waals surface area contributed by atoms with Gasteiger partial charge in [0.15, 0.2) is 0 Å². The lowest BCUT2D eigenvalue weighted by molar-refractivity contribution is -0.121. The Kier molecular flexibility index (Phi) is 5.42. The second kappa shape index (κ2) is 6.60. The number of nitrogens with one attached hydrogen (secondary N) is 2. The molecule has 1 aromatic heterocycles. The zero-order valence-electron chi connectivity index (χ0n) is 10.0. The number of hydrogen-bond donors (Lipinski definition) is 2. The van der Waals surface area contributed by atoms with Crippen LogP contribution < -0.4 is 10.6 Å². The molecule has 0 radical (unpaired) electrons. The summed E-state index contributed by atoms with van der Waals surface area (Å²) in [6.07, 6.45) is 2.40. The van der Waals surface area contributed by atoms with Crippen LogP contribution in [0.5, 0.6) is 0 Å². The molecule has 1 aromatic rings. The average Bonchev–Trinajstić information content (AvgIpc) is 2.58. The van der Waals surface area contributed by atoms with E-state index >= 15 is 0 Å². The summed E-state index contributed by atoms with van der Waals surface area (Å²) < 4.78 is 0. The number of thiazole rings is 1. The summed E-state index contributed by atoms with van der Waals surface area (Å²) in [5, 5.41) is 7.16. The van der Waals surface area contributed by atoms with Gasteiger partial charge >= 0.3 is 0 Å². The number of nitrogens with zero attached hydrogens (tertiary/aromatic N) is 1. The van der Waals surface area contributed by atoms with Crippen molar-refractivity contribution in [1.29, 1.82) is 0 Å². The van der Waals surface area contributed by atoms with Gasteiger partial charge in [0, 0.05) is 36.6 Å². The van der Waals surface area contributed by atoms with Crippen molar-refractivity contribution in [2.75, 3.05) is 6.54 Å². The quantitative estimate of drug-likeness (QED) is 0.741. The second-order valence-electron chi connectivity index (χ2n) is 3.99. The van der Waals surface area contributed by atoms with Crippen LogP contribution in [0.25, 0.3) is 0 Å². The highest BCUT2D eigenvalue weighted by Crippen LogP contribution is 2.10. The normalized spacial score (nSPS) is 10.8. The van der Waals surface area contributed by atoms with Crippen molar-refractivity contribution in [2.45, 2.75) is 39.8 Å². The van der Waals surface area contributed by atoms with Crippen LogP contribution >= 0.6 is 11.3 Å². The van der Waals surface area contributed by atoms with Gasteiger partial charge in [0.05, 0.1) is 5.01 Å². The van der Waals surface area contributed by atoms with Gasteiger partial charge in [-0.1, -0.05) is 0 Å². The van der Waals surface area contributed by atoms with Crippen molar-refractivity contribution in [3.05, 3.63) is 16.1 Å². The van der Waals surface area contributed by atoms with Crippen molar-refractivity contribution in [2.24, 2.45) is 0 Å². The zero-order chi connectivity index (χ0) is 12.0. The highest BCUT2D eigenvalue weighted by Gasteiger charge is 2.02. The lowest BCUT2D eigenvalue weighted by atomic mass is 10.3. The molecule has 90 valence electrons. The van der Waals surface area contributed by atoms with Gasteiger partial charge in [0.25, 0.3) is 0 Å². The first-order valence-corrected chi connectivity index (χ1v) is 6.31. The maximum Gasteiger partial charge on any atom is 0.221 e. The zero-order valence-corrected chi connectivity index (χ0v) is 10.9. The monoisotopic (exact) mass is 241 g/mol. The van der Waals surface area contributed by atoms with Gasteiger partial charge in [-0.15, -0.1) is 11.3 Å². The molecular weight excluding hydrogens is 222 g/mol. The number of aromatic nitrogens is 1. The maximum atomic E-state index is 11.3. The molecule has 0 unspecified atom stereocenters. The molecule has 0 aliphatic rings. The number of carbonyl (C=O) groups is 1. The first-order valence-electron chi connectivity index (χ1n) is 5.49. The lowest BCUT2D eigenvalue weighted by Crippen LogP contribution is -2.32. The number of rotatable bonds is 6. The molecule has 0 atom stereocenters. The van der Waals surface area contributed by atoms with E-state index in [0.29, 0.717) is 13.0 Å². The van der Waals surface area contributed by atoms with Crippen LogP contribution in [0.3, 0.4) is 0 Å². The third-order valence-electron chi connectivity index (χ3n) is 1.95. The summed E-state index contributed by atoms with van der Waals surface area (Å²) in [6.45, 7) is 7.41. The largest absolute Gasteiger partial charge is 0.354 e. The predicted octanol–water partition coefficient (Wildman–Crippen LogP) is 1.46. The standard InChI is InChI=1S/C11H19N3OS/c1-8(2)14-11(15)4-5-12-6-10-7-13-9(3)16-10/h7-8,12H,4-6H2,1-3H3,(H,14,15). The molecule has 1 rings (SSSR count). The van der Waals surface area contributed by atoms with E-state index in [-0.39, 0.29) is 11.9 Å². The number of amides is 1. The first kappa shape index (κ1) is 13.1. The predicted molar refractivity (Wildman–Crippen MR) is 66.5 cm³/mol. The molecular formula is C11H19N3OS. The van der Waals surface area contributed by atoms with Crippen LogP contribution in [-0.2, 0) is 11.3 Å². The van der Waals surface area contributed by atoms with Crippen LogP contribution in [0.1, 0.15) is 30.2 Å². The Labute approximate surface area is 100 Å². The van der Waals surface area contributed by atoms with Gasteiger partial charge in [-0.2, -0.15) is 0 Å². The third-order valence-corrected chi connectivity index (χ3v) is 2.86. The third kappa shape index (κ3) is 5.23. The molecule has 0 aliphatic heterocycles. The molecule has 0 spiro atoms. The minimum absolute atomic E-state index is 0.1000. The Hall–Kier alpha value is -0.940. The van der Waals surface area contributed by atoms with E-state index in [1.54, 1.807) is 11.3 Å². The summed E-state index contributed by atoms with van der Waals surface area (Å²) in [4.78, 5) is 16.7. The molecule has 4 nitrogen and oxygen atoms in total. The molecule has 0 aromatic carbocycles. The van der Waals surface area contributed by atoms with Gasteiger partial charge in [-0.05, 0) is 20.8 Å². The van der Waals surface area contributed by atoms with Crippen LogP contribution in [-0.4, -0.2) is 23.5 Å². The van der Waals surface area contributed by atoms with E-state index in [9.17, 15) is 4.79 Å². The second-order valence-corrected chi connectivity index (χ2v) is 5.31. The van der Waals surface area contributed by atoms with Crippen LogP contribution in [0.15, 0.2) is 6.20 Å². The fraction of sp³-hybridized carbons (Fsp3) is 0.636. The fourth-order valence-corrected chi connectivity index (χ4v) is 2.06. The van der Waals surface area contributed by atoms with E-state index in [1.807, 2.05) is 27.0 Å². The Bertz CT molecular complexity index is 336. The summed E-state index contributed by atoms with van der Waals surface area (Å²) >= 11 is 1.68. The van der Waals surface area contributed by atoms with Crippen molar-refractivity contribution in [3.8, 4) is 0 Å². The Morgan fingerprint density at radius 1 is 1.56 bits per heavy atom. The van der Waals surface area contributed by atoms with Crippen molar-refractivity contribution < 1.29 is 4.79 Å². The summed E-state index contributed by atoms with van der Waals surface area (Å²) in [5.74, 6) is 0.1000. The number of hydrogen-bond acceptors (Lipinski definition) is 4. The summed E-state index contributed by atoms with van der Waals surface area (Å²) in [6, 6.07) is 0.219. The van der Waals surface area contributed by atoms with Gasteiger partial charge in [0.2, 0.25) is 5.91 Å². The van der Waals surface area contributed by atoms with E-state index < -0.39 is 0 Å². The van der Waals surface area contributed by atoms with E-state index in [4.69, 9.17) is 0 Å². The van der Waals surface area contributed by atoms with Gasteiger partial charge in [0.1, 0.15) is 0 Å². The maximum absolute atomic E-state index is 11.3. The number of carbonyl (C=O) groups excluding carboxylic acids is 1. The van der Waals surface area contributed by atoms with E-state index in [2.05, 4.69) is 15.6 Å². The average molecular weight is 241 g/mol. The molecule has 0 bridgehead atoms. The van der Waals surface area contributed by atoms with Gasteiger partial charge < -0.3 is 10.6 Å². The highest BCUT2D eigenvalue weighted by molar-refractivity contribution is 7.11. The van der Waals surface area contributed by atoms with Crippen molar-refractivity contribution in [1.82, 2.24) is 15.6 Å². The molecule has 0 aliphatic carbocycles. The Balaban J connectivity index is 2.10. The topological polar surface area (TPSA) is 54.0 Å². The Morgan fingerprint density at radius 2 is 2.31 bits per heavy atom. The van der Waals surface area contributed by atoms with E-state index in [1.165, 1.54) is 4.88 Å². The summed E-state index contributed by atoms with van der Waals surface area (Å²) in [7, 11) is 0. The summed E-state index contributed by atoms with van der Waals surface area (Å²) in [5.41, 5.74) is 0. The lowest BCUT2D eigenvalue weighted by Gasteiger charge is -2.08. The molecule has 1 amide bonds. The van der Waals surface area contributed by atoms with Crippen LogP contribution in [0, 0.1) is 6.92 Å². The van der Waals surface area contributed by atoms with Crippen LogP contribution in [0.2, 0.25) is 0 Å². The minimum Gasteiger partial charge on any atom is -0.354 e. The number of aryl methyl sites for hydroxylation is 1. The molecule has 16 heavy (non-hydrogen) atoms.